The zero-order valence-electron chi connectivity index (χ0n) is 16.3. The summed E-state index contributed by atoms with van der Waals surface area (Å²) in [7, 11) is 2.93. The Balaban J connectivity index is 1.58. The summed E-state index contributed by atoms with van der Waals surface area (Å²) < 4.78 is 10.00. The third-order valence-corrected chi connectivity index (χ3v) is 5.62. The van der Waals surface area contributed by atoms with Crippen molar-refractivity contribution in [1.82, 2.24) is 10.2 Å². The molecular weight excluding hydrogens is 362 g/mol. The topological polar surface area (TPSA) is 97.0 Å². The first-order chi connectivity index (χ1) is 13.5. The van der Waals surface area contributed by atoms with Crippen LogP contribution >= 0.6 is 0 Å². The summed E-state index contributed by atoms with van der Waals surface area (Å²) in [6.07, 6.45) is 4.98. The van der Waals surface area contributed by atoms with Crippen LogP contribution in [0.5, 0.6) is 5.75 Å². The summed E-state index contributed by atoms with van der Waals surface area (Å²) in [5.74, 6) is 0.321. The number of rotatable bonds is 5. The van der Waals surface area contributed by atoms with Crippen molar-refractivity contribution in [1.29, 1.82) is 0 Å². The number of nitrogens with zero attached hydrogens (tertiary/aromatic N) is 1. The van der Waals surface area contributed by atoms with E-state index >= 15 is 0 Å². The summed E-state index contributed by atoms with van der Waals surface area (Å²) in [6.45, 7) is -0.00301. The van der Waals surface area contributed by atoms with E-state index in [1.54, 1.807) is 31.4 Å². The maximum atomic E-state index is 12.4. The number of amides is 3. The number of methoxy groups -OCH3 is 2. The lowest BCUT2D eigenvalue weighted by Gasteiger charge is -2.32. The van der Waals surface area contributed by atoms with Crippen molar-refractivity contribution in [3.8, 4) is 5.75 Å². The number of esters is 1. The number of nitrogens with one attached hydrogen (secondary N) is 2. The third-order valence-electron chi connectivity index (χ3n) is 5.62. The lowest BCUT2D eigenvalue weighted by atomic mass is 9.85. The molecule has 152 valence electrons. The monoisotopic (exact) mass is 389 g/mol. The molecule has 0 spiro atoms. The highest BCUT2D eigenvalue weighted by Gasteiger charge is 2.46. The van der Waals surface area contributed by atoms with Crippen molar-refractivity contribution in [3.63, 3.8) is 0 Å². The summed E-state index contributed by atoms with van der Waals surface area (Å²) in [6, 6.07) is 5.95. The first-order valence-electron chi connectivity index (χ1n) is 9.60. The fourth-order valence-electron chi connectivity index (χ4n) is 4.32. The van der Waals surface area contributed by atoms with Crippen LogP contribution in [0, 0.1) is 5.92 Å². The number of ether oxygens (including phenoxy) is 2. The highest BCUT2D eigenvalue weighted by molar-refractivity contribution is 6.01. The standard InChI is InChI=1S/C20H27N3O5/c1-27-15-9-7-14(8-10-15)21-20(26)22-18(24)12-23-16-6-4-3-5-13(16)11-17(23)19(25)28-2/h7-10,13,16-17H,3-6,11-12H2,1-2H3,(H2,21,22,24,26). The Bertz CT molecular complexity index is 721. The Morgan fingerprint density at radius 1 is 1.11 bits per heavy atom. The Hall–Kier alpha value is -2.61. The van der Waals surface area contributed by atoms with Crippen molar-refractivity contribution in [2.75, 3.05) is 26.1 Å². The maximum Gasteiger partial charge on any atom is 0.325 e. The molecule has 3 amide bonds. The molecule has 3 rings (SSSR count). The number of anilines is 1. The molecule has 0 radical (unpaired) electrons. The van der Waals surface area contributed by atoms with Crippen LogP contribution in [0.4, 0.5) is 10.5 Å². The van der Waals surface area contributed by atoms with Crippen LogP contribution in [0.1, 0.15) is 32.1 Å². The van der Waals surface area contributed by atoms with Gasteiger partial charge in [0.1, 0.15) is 11.8 Å². The Morgan fingerprint density at radius 2 is 1.82 bits per heavy atom. The molecule has 1 aromatic rings. The van der Waals surface area contributed by atoms with Crippen molar-refractivity contribution >= 4 is 23.6 Å². The molecule has 2 fully saturated rings. The van der Waals surface area contributed by atoms with Crippen LogP contribution in [0.25, 0.3) is 0 Å². The largest absolute Gasteiger partial charge is 0.497 e. The number of carbonyl (C=O) groups excluding carboxylic acids is 3. The fourth-order valence-corrected chi connectivity index (χ4v) is 4.32. The van der Waals surface area contributed by atoms with E-state index in [9.17, 15) is 14.4 Å². The van der Waals surface area contributed by atoms with Crippen LogP contribution in [-0.4, -0.2) is 55.7 Å². The first kappa shape index (κ1) is 20.1. The number of carbonyl (C=O) groups is 3. The van der Waals surface area contributed by atoms with Gasteiger partial charge in [0, 0.05) is 11.7 Å². The van der Waals surface area contributed by atoms with Gasteiger partial charge in [-0.2, -0.15) is 0 Å². The molecule has 1 aliphatic carbocycles. The molecule has 2 aliphatic rings. The van der Waals surface area contributed by atoms with Gasteiger partial charge in [0.05, 0.1) is 20.8 Å². The van der Waals surface area contributed by atoms with E-state index in [-0.39, 0.29) is 18.6 Å². The van der Waals surface area contributed by atoms with E-state index in [0.29, 0.717) is 23.8 Å². The van der Waals surface area contributed by atoms with Gasteiger partial charge in [-0.1, -0.05) is 12.8 Å². The number of fused-ring (bicyclic) bond motifs is 1. The van der Waals surface area contributed by atoms with Crippen LogP contribution in [0.15, 0.2) is 24.3 Å². The van der Waals surface area contributed by atoms with Gasteiger partial charge in [0.2, 0.25) is 5.91 Å². The molecule has 0 bridgehead atoms. The van der Waals surface area contributed by atoms with Crippen LogP contribution in [-0.2, 0) is 14.3 Å². The Kier molecular flexibility index (Phi) is 6.51. The van der Waals surface area contributed by atoms with Gasteiger partial charge in [0.25, 0.3) is 0 Å². The molecule has 1 aromatic carbocycles. The van der Waals surface area contributed by atoms with E-state index in [1.165, 1.54) is 7.11 Å². The number of imide groups is 1. The van der Waals surface area contributed by atoms with Gasteiger partial charge in [0.15, 0.2) is 0 Å². The molecule has 8 heteroatoms. The quantitative estimate of drug-likeness (QED) is 0.749. The Labute approximate surface area is 164 Å². The fraction of sp³-hybridized carbons (Fsp3) is 0.550. The number of hydrogen-bond acceptors (Lipinski definition) is 6. The van der Waals surface area contributed by atoms with Gasteiger partial charge in [-0.15, -0.1) is 0 Å². The second kappa shape index (κ2) is 9.05. The minimum atomic E-state index is -0.607. The molecular formula is C20H27N3O5. The number of benzene rings is 1. The van der Waals surface area contributed by atoms with Crippen molar-refractivity contribution in [3.05, 3.63) is 24.3 Å². The van der Waals surface area contributed by atoms with Gasteiger partial charge in [-0.25, -0.2) is 4.79 Å². The summed E-state index contributed by atoms with van der Waals surface area (Å²) in [4.78, 5) is 38.7. The molecule has 0 aromatic heterocycles. The van der Waals surface area contributed by atoms with Crippen molar-refractivity contribution in [2.45, 2.75) is 44.2 Å². The molecule has 2 N–H and O–H groups in total. The highest BCUT2D eigenvalue weighted by Crippen LogP contribution is 2.39. The average molecular weight is 389 g/mol. The van der Waals surface area contributed by atoms with E-state index in [1.807, 2.05) is 4.90 Å². The van der Waals surface area contributed by atoms with Crippen LogP contribution < -0.4 is 15.4 Å². The first-order valence-corrected chi connectivity index (χ1v) is 9.60. The average Bonchev–Trinajstić information content (AvgIpc) is 3.06. The second-order valence-electron chi connectivity index (χ2n) is 7.29. The molecule has 1 saturated carbocycles. The second-order valence-corrected chi connectivity index (χ2v) is 7.29. The summed E-state index contributed by atoms with van der Waals surface area (Å²) in [5, 5.41) is 4.96. The zero-order chi connectivity index (χ0) is 20.1. The van der Waals surface area contributed by atoms with Crippen LogP contribution in [0.3, 0.4) is 0 Å². The number of likely N-dealkylation sites (tertiary alicyclic amines) is 1. The SMILES string of the molecule is COC(=O)C1CC2CCCCC2N1CC(=O)NC(=O)Nc1ccc(OC)cc1. The number of urea groups is 1. The van der Waals surface area contributed by atoms with Gasteiger partial charge >= 0.3 is 12.0 Å². The maximum absolute atomic E-state index is 12.4. The number of hydrogen-bond donors (Lipinski definition) is 2. The Morgan fingerprint density at radius 3 is 2.50 bits per heavy atom. The normalized spacial score (nSPS) is 24.1. The molecule has 28 heavy (non-hydrogen) atoms. The van der Waals surface area contributed by atoms with E-state index in [0.717, 1.165) is 25.7 Å². The van der Waals surface area contributed by atoms with Gasteiger partial charge < -0.3 is 14.8 Å². The predicted octanol–water partition coefficient (Wildman–Crippen LogP) is 2.15. The van der Waals surface area contributed by atoms with E-state index < -0.39 is 18.0 Å². The zero-order valence-corrected chi connectivity index (χ0v) is 16.3. The van der Waals surface area contributed by atoms with Crippen molar-refractivity contribution < 1.29 is 23.9 Å². The van der Waals surface area contributed by atoms with E-state index in [2.05, 4.69) is 10.6 Å². The molecule has 1 aliphatic heterocycles. The lowest BCUT2D eigenvalue weighted by Crippen LogP contribution is -2.49. The van der Waals surface area contributed by atoms with Crippen LogP contribution in [0.2, 0.25) is 0 Å². The molecule has 1 heterocycles. The molecule has 3 atom stereocenters. The lowest BCUT2D eigenvalue weighted by molar-refractivity contribution is -0.146. The highest BCUT2D eigenvalue weighted by atomic mass is 16.5. The van der Waals surface area contributed by atoms with Crippen molar-refractivity contribution in [2.24, 2.45) is 5.92 Å². The summed E-state index contributed by atoms with van der Waals surface area (Å²) in [5.41, 5.74) is 0.548. The molecule has 8 nitrogen and oxygen atoms in total. The smallest absolute Gasteiger partial charge is 0.325 e. The minimum absolute atomic E-state index is 0.00301. The van der Waals surface area contributed by atoms with Gasteiger partial charge in [-0.3, -0.25) is 19.8 Å². The molecule has 1 saturated heterocycles. The third kappa shape index (κ3) is 4.62. The predicted molar refractivity (Wildman–Crippen MR) is 103 cm³/mol. The summed E-state index contributed by atoms with van der Waals surface area (Å²) >= 11 is 0. The minimum Gasteiger partial charge on any atom is -0.497 e. The van der Waals surface area contributed by atoms with E-state index in [4.69, 9.17) is 9.47 Å². The van der Waals surface area contributed by atoms with Gasteiger partial charge in [-0.05, 0) is 49.4 Å². The molecule has 3 unspecified atom stereocenters.